The van der Waals surface area contributed by atoms with Crippen LogP contribution >= 0.6 is 15.9 Å². The van der Waals surface area contributed by atoms with Crippen LogP contribution in [-0.4, -0.2) is 5.91 Å². The number of amides is 1. The van der Waals surface area contributed by atoms with E-state index in [9.17, 15) is 9.18 Å². The van der Waals surface area contributed by atoms with Gasteiger partial charge in [-0.1, -0.05) is 6.07 Å². The molecule has 0 spiro atoms. The molecule has 0 saturated carbocycles. The molecule has 2 aromatic carbocycles. The Morgan fingerprint density at radius 3 is 2.75 bits per heavy atom. The number of rotatable bonds is 2. The Bertz CT molecular complexity index is 688. The maximum absolute atomic E-state index is 13.0. The summed E-state index contributed by atoms with van der Waals surface area (Å²) < 4.78 is 18.8. The SMILES string of the molecule is O=C(Nc1ccc(F)cc1Br)c1ccc2c(c1)COC2. The molecule has 1 heterocycles. The number of nitrogens with one attached hydrogen (secondary N) is 1. The number of hydrogen-bond donors (Lipinski definition) is 1. The minimum absolute atomic E-state index is 0.230. The first-order valence-corrected chi connectivity index (χ1v) is 6.89. The molecule has 0 aromatic heterocycles. The van der Waals surface area contributed by atoms with Crippen molar-refractivity contribution in [1.29, 1.82) is 0 Å². The molecule has 3 nitrogen and oxygen atoms in total. The molecule has 0 fully saturated rings. The van der Waals surface area contributed by atoms with Crippen LogP contribution in [0.25, 0.3) is 0 Å². The molecular formula is C15H11BrFNO2. The first kappa shape index (κ1) is 13.3. The Kier molecular flexibility index (Phi) is 3.54. The van der Waals surface area contributed by atoms with Crippen LogP contribution in [0.5, 0.6) is 0 Å². The van der Waals surface area contributed by atoms with Crippen LogP contribution in [0.4, 0.5) is 10.1 Å². The summed E-state index contributed by atoms with van der Waals surface area (Å²) in [6.45, 7) is 1.14. The van der Waals surface area contributed by atoms with E-state index in [0.29, 0.717) is 28.9 Å². The van der Waals surface area contributed by atoms with Gasteiger partial charge in [0.25, 0.3) is 5.91 Å². The first-order valence-electron chi connectivity index (χ1n) is 6.09. The molecule has 102 valence electrons. The number of hydrogen-bond acceptors (Lipinski definition) is 2. The standard InChI is InChI=1S/C15H11BrFNO2/c16-13-6-12(17)3-4-14(13)18-15(19)9-1-2-10-7-20-8-11(10)5-9/h1-6H,7-8H2,(H,18,19). The van der Waals surface area contributed by atoms with E-state index in [2.05, 4.69) is 21.2 Å². The Morgan fingerprint density at radius 1 is 1.15 bits per heavy atom. The minimum atomic E-state index is -0.357. The summed E-state index contributed by atoms with van der Waals surface area (Å²) in [6, 6.07) is 9.63. The van der Waals surface area contributed by atoms with Crippen molar-refractivity contribution in [2.75, 3.05) is 5.32 Å². The topological polar surface area (TPSA) is 38.3 Å². The minimum Gasteiger partial charge on any atom is -0.372 e. The lowest BCUT2D eigenvalue weighted by molar-refractivity contribution is 0.102. The number of carbonyl (C=O) groups is 1. The Hall–Kier alpha value is -1.72. The molecular weight excluding hydrogens is 325 g/mol. The predicted octanol–water partition coefficient (Wildman–Crippen LogP) is 3.87. The highest BCUT2D eigenvalue weighted by molar-refractivity contribution is 9.10. The van der Waals surface area contributed by atoms with E-state index in [4.69, 9.17) is 4.74 Å². The fraction of sp³-hybridized carbons (Fsp3) is 0.133. The second kappa shape index (κ2) is 5.34. The molecule has 2 aromatic rings. The van der Waals surface area contributed by atoms with Crippen LogP contribution in [0.1, 0.15) is 21.5 Å². The highest BCUT2D eigenvalue weighted by Crippen LogP contribution is 2.25. The molecule has 1 aliphatic rings. The van der Waals surface area contributed by atoms with E-state index >= 15 is 0 Å². The van der Waals surface area contributed by atoms with Crippen molar-refractivity contribution in [2.24, 2.45) is 0 Å². The van der Waals surface area contributed by atoms with Crippen LogP contribution in [-0.2, 0) is 18.0 Å². The van der Waals surface area contributed by atoms with Gasteiger partial charge in [0.2, 0.25) is 0 Å². The number of ether oxygens (including phenoxy) is 1. The second-order valence-corrected chi connectivity index (χ2v) is 5.41. The van der Waals surface area contributed by atoms with Gasteiger partial charge in [-0.05, 0) is 57.4 Å². The molecule has 0 saturated heterocycles. The Labute approximate surface area is 123 Å². The maximum atomic E-state index is 13.0. The quantitative estimate of drug-likeness (QED) is 0.904. The van der Waals surface area contributed by atoms with Crippen molar-refractivity contribution in [2.45, 2.75) is 13.2 Å². The van der Waals surface area contributed by atoms with Crippen molar-refractivity contribution >= 4 is 27.5 Å². The largest absolute Gasteiger partial charge is 0.372 e. The zero-order valence-electron chi connectivity index (χ0n) is 10.5. The second-order valence-electron chi connectivity index (χ2n) is 4.55. The van der Waals surface area contributed by atoms with E-state index in [1.54, 1.807) is 6.07 Å². The molecule has 0 unspecified atom stereocenters. The summed E-state index contributed by atoms with van der Waals surface area (Å²) in [5.74, 6) is -0.587. The van der Waals surface area contributed by atoms with Crippen LogP contribution in [0, 0.1) is 5.82 Å². The molecule has 0 aliphatic carbocycles. The highest BCUT2D eigenvalue weighted by atomic mass is 79.9. The lowest BCUT2D eigenvalue weighted by Gasteiger charge is -2.08. The van der Waals surface area contributed by atoms with Crippen LogP contribution < -0.4 is 5.32 Å². The first-order chi connectivity index (χ1) is 9.63. The van der Waals surface area contributed by atoms with E-state index in [1.165, 1.54) is 18.2 Å². The summed E-state index contributed by atoms with van der Waals surface area (Å²) in [6.07, 6.45) is 0. The molecule has 1 N–H and O–H groups in total. The summed E-state index contributed by atoms with van der Waals surface area (Å²) in [5.41, 5.74) is 3.25. The van der Waals surface area contributed by atoms with Crippen molar-refractivity contribution in [3.8, 4) is 0 Å². The zero-order valence-corrected chi connectivity index (χ0v) is 12.0. The Balaban J connectivity index is 1.82. The summed E-state index contributed by atoms with van der Waals surface area (Å²) in [4.78, 5) is 12.2. The van der Waals surface area contributed by atoms with E-state index < -0.39 is 0 Å². The molecule has 1 aliphatic heterocycles. The average molecular weight is 336 g/mol. The van der Waals surface area contributed by atoms with Gasteiger partial charge in [0.05, 0.1) is 18.9 Å². The van der Waals surface area contributed by atoms with Gasteiger partial charge < -0.3 is 10.1 Å². The zero-order chi connectivity index (χ0) is 14.1. The van der Waals surface area contributed by atoms with Gasteiger partial charge in [-0.2, -0.15) is 0 Å². The lowest BCUT2D eigenvalue weighted by Crippen LogP contribution is -2.12. The van der Waals surface area contributed by atoms with Gasteiger partial charge in [-0.25, -0.2) is 4.39 Å². The van der Waals surface area contributed by atoms with E-state index in [1.807, 2.05) is 12.1 Å². The third-order valence-corrected chi connectivity index (χ3v) is 3.82. The number of benzene rings is 2. The van der Waals surface area contributed by atoms with Crippen LogP contribution in [0.15, 0.2) is 40.9 Å². The average Bonchev–Trinajstić information content (AvgIpc) is 2.89. The van der Waals surface area contributed by atoms with E-state index in [-0.39, 0.29) is 11.7 Å². The van der Waals surface area contributed by atoms with Crippen LogP contribution in [0.2, 0.25) is 0 Å². The van der Waals surface area contributed by atoms with Gasteiger partial charge in [-0.15, -0.1) is 0 Å². The number of anilines is 1. The third kappa shape index (κ3) is 2.59. The monoisotopic (exact) mass is 335 g/mol. The van der Waals surface area contributed by atoms with Gasteiger partial charge in [-0.3, -0.25) is 4.79 Å². The third-order valence-electron chi connectivity index (χ3n) is 3.16. The fourth-order valence-electron chi connectivity index (χ4n) is 2.10. The van der Waals surface area contributed by atoms with Crippen molar-refractivity contribution in [1.82, 2.24) is 0 Å². The lowest BCUT2D eigenvalue weighted by atomic mass is 10.1. The van der Waals surface area contributed by atoms with Gasteiger partial charge >= 0.3 is 0 Å². The molecule has 0 radical (unpaired) electrons. The summed E-state index contributed by atoms with van der Waals surface area (Å²) in [5, 5.41) is 2.75. The summed E-state index contributed by atoms with van der Waals surface area (Å²) in [7, 11) is 0. The van der Waals surface area contributed by atoms with Gasteiger partial charge in [0.15, 0.2) is 0 Å². The maximum Gasteiger partial charge on any atom is 0.255 e. The molecule has 5 heteroatoms. The molecule has 0 atom stereocenters. The number of carbonyl (C=O) groups excluding carboxylic acids is 1. The van der Waals surface area contributed by atoms with Crippen molar-refractivity contribution in [3.05, 3.63) is 63.4 Å². The predicted molar refractivity (Wildman–Crippen MR) is 77.0 cm³/mol. The highest BCUT2D eigenvalue weighted by Gasteiger charge is 2.15. The molecule has 3 rings (SSSR count). The number of halogens is 2. The van der Waals surface area contributed by atoms with E-state index in [0.717, 1.165) is 11.1 Å². The molecule has 20 heavy (non-hydrogen) atoms. The molecule has 1 amide bonds. The van der Waals surface area contributed by atoms with Crippen molar-refractivity contribution < 1.29 is 13.9 Å². The Morgan fingerprint density at radius 2 is 1.95 bits per heavy atom. The summed E-state index contributed by atoms with van der Waals surface area (Å²) >= 11 is 3.22. The number of fused-ring (bicyclic) bond motifs is 1. The van der Waals surface area contributed by atoms with Gasteiger partial charge in [0, 0.05) is 10.0 Å². The fourth-order valence-corrected chi connectivity index (χ4v) is 2.55. The molecule has 0 bridgehead atoms. The smallest absolute Gasteiger partial charge is 0.255 e. The normalized spacial score (nSPS) is 13.1. The van der Waals surface area contributed by atoms with Gasteiger partial charge in [0.1, 0.15) is 5.82 Å². The van der Waals surface area contributed by atoms with Crippen molar-refractivity contribution in [3.63, 3.8) is 0 Å². The van der Waals surface area contributed by atoms with Crippen LogP contribution in [0.3, 0.4) is 0 Å².